The van der Waals surface area contributed by atoms with E-state index in [1.807, 2.05) is 24.0 Å². The minimum absolute atomic E-state index is 0.0720. The van der Waals surface area contributed by atoms with Gasteiger partial charge in [0.05, 0.1) is 12.2 Å². The molecule has 1 aromatic rings. The highest BCUT2D eigenvalue weighted by Crippen LogP contribution is 2.19. The van der Waals surface area contributed by atoms with E-state index >= 15 is 0 Å². The van der Waals surface area contributed by atoms with Crippen LogP contribution in [0.1, 0.15) is 37.0 Å². The third-order valence-corrected chi connectivity index (χ3v) is 5.07. The van der Waals surface area contributed by atoms with Crippen LogP contribution in [0.25, 0.3) is 0 Å². The molecular weight excluding hydrogens is 332 g/mol. The Hall–Kier alpha value is -2.31. The number of rotatable bonds is 3. The molecule has 142 valence electrons. The van der Waals surface area contributed by atoms with Crippen LogP contribution >= 0.6 is 0 Å². The first-order valence-electron chi connectivity index (χ1n) is 9.50. The molecule has 1 atom stereocenters. The monoisotopic (exact) mass is 360 g/mol. The van der Waals surface area contributed by atoms with Gasteiger partial charge in [-0.05, 0) is 37.8 Å². The zero-order valence-electron chi connectivity index (χ0n) is 15.7. The van der Waals surface area contributed by atoms with Gasteiger partial charge in [-0.1, -0.05) is 6.92 Å². The van der Waals surface area contributed by atoms with Gasteiger partial charge in [0, 0.05) is 45.5 Å². The Morgan fingerprint density at radius 1 is 1.15 bits per heavy atom. The van der Waals surface area contributed by atoms with E-state index in [-0.39, 0.29) is 12.0 Å². The number of hydrogen-bond donors (Lipinski definition) is 0. The number of carbonyl (C=O) groups is 2. The molecule has 26 heavy (non-hydrogen) atoms. The van der Waals surface area contributed by atoms with Crippen LogP contribution in [0, 0.1) is 5.92 Å². The van der Waals surface area contributed by atoms with Gasteiger partial charge in [-0.25, -0.2) is 9.78 Å². The zero-order valence-corrected chi connectivity index (χ0v) is 15.7. The minimum atomic E-state index is -0.253. The molecule has 3 heterocycles. The second-order valence-electron chi connectivity index (χ2n) is 7.08. The molecule has 0 saturated carbocycles. The summed E-state index contributed by atoms with van der Waals surface area (Å²) in [6.45, 7) is 8.72. The summed E-state index contributed by atoms with van der Waals surface area (Å²) in [6, 6.07) is 3.77. The molecule has 0 aliphatic carbocycles. The number of aromatic nitrogens is 1. The Balaban J connectivity index is 1.56. The summed E-state index contributed by atoms with van der Waals surface area (Å²) in [6.07, 6.45) is 3.69. The predicted molar refractivity (Wildman–Crippen MR) is 99.3 cm³/mol. The second kappa shape index (κ2) is 8.38. The number of anilines is 1. The van der Waals surface area contributed by atoms with Crippen LogP contribution in [-0.4, -0.2) is 72.7 Å². The second-order valence-corrected chi connectivity index (χ2v) is 7.08. The van der Waals surface area contributed by atoms with Crippen molar-refractivity contribution in [2.75, 3.05) is 50.8 Å². The van der Waals surface area contributed by atoms with Crippen molar-refractivity contribution in [1.82, 2.24) is 14.8 Å². The minimum Gasteiger partial charge on any atom is -0.450 e. The molecule has 0 N–H and O–H groups in total. The summed E-state index contributed by atoms with van der Waals surface area (Å²) in [5, 5.41) is 0. The maximum absolute atomic E-state index is 12.6. The number of piperazine rings is 1. The third kappa shape index (κ3) is 4.26. The van der Waals surface area contributed by atoms with Crippen LogP contribution in [0.2, 0.25) is 0 Å². The number of pyridine rings is 1. The Morgan fingerprint density at radius 3 is 2.54 bits per heavy atom. The molecule has 2 aliphatic rings. The molecule has 0 spiro atoms. The van der Waals surface area contributed by atoms with E-state index in [0.717, 1.165) is 25.3 Å². The smallest absolute Gasteiger partial charge is 0.409 e. The standard InChI is InChI=1S/C19H28N4O3/c1-3-26-19(25)22-11-9-21(10-12-22)17-7-6-16(13-20-17)18(24)23-8-4-5-15(2)14-23/h6-7,13,15H,3-5,8-12,14H2,1-2H3. The van der Waals surface area contributed by atoms with Crippen LogP contribution in [-0.2, 0) is 4.74 Å². The molecule has 2 amide bonds. The molecule has 7 heteroatoms. The van der Waals surface area contributed by atoms with Crippen molar-refractivity contribution in [2.45, 2.75) is 26.7 Å². The highest BCUT2D eigenvalue weighted by Gasteiger charge is 2.24. The number of hydrogen-bond acceptors (Lipinski definition) is 5. The van der Waals surface area contributed by atoms with Gasteiger partial charge < -0.3 is 19.4 Å². The molecule has 3 rings (SSSR count). The third-order valence-electron chi connectivity index (χ3n) is 5.07. The summed E-state index contributed by atoms with van der Waals surface area (Å²) in [5.74, 6) is 1.48. The lowest BCUT2D eigenvalue weighted by molar-refractivity contribution is 0.0682. The summed E-state index contributed by atoms with van der Waals surface area (Å²) in [7, 11) is 0. The lowest BCUT2D eigenvalue weighted by Gasteiger charge is -2.34. The largest absolute Gasteiger partial charge is 0.450 e. The van der Waals surface area contributed by atoms with E-state index in [0.29, 0.717) is 44.3 Å². The van der Waals surface area contributed by atoms with Crippen molar-refractivity contribution in [1.29, 1.82) is 0 Å². The summed E-state index contributed by atoms with van der Waals surface area (Å²) in [4.78, 5) is 34.7. The molecule has 2 saturated heterocycles. The van der Waals surface area contributed by atoms with Crippen LogP contribution in [0.5, 0.6) is 0 Å². The molecule has 2 fully saturated rings. The van der Waals surface area contributed by atoms with Crippen LogP contribution in [0.3, 0.4) is 0 Å². The number of piperidine rings is 1. The molecule has 0 bridgehead atoms. The Morgan fingerprint density at radius 2 is 1.92 bits per heavy atom. The van der Waals surface area contributed by atoms with Gasteiger partial charge in [0.25, 0.3) is 5.91 Å². The number of nitrogens with zero attached hydrogens (tertiary/aromatic N) is 4. The average molecular weight is 360 g/mol. The Kier molecular flexibility index (Phi) is 5.96. The quantitative estimate of drug-likeness (QED) is 0.827. The van der Waals surface area contributed by atoms with Crippen LogP contribution in [0.4, 0.5) is 10.6 Å². The fourth-order valence-electron chi connectivity index (χ4n) is 3.59. The van der Waals surface area contributed by atoms with Crippen molar-refractivity contribution in [3.63, 3.8) is 0 Å². The van der Waals surface area contributed by atoms with Crippen molar-refractivity contribution >= 4 is 17.8 Å². The van der Waals surface area contributed by atoms with Gasteiger partial charge in [0.15, 0.2) is 0 Å². The fraction of sp³-hybridized carbons (Fsp3) is 0.632. The van der Waals surface area contributed by atoms with Crippen molar-refractivity contribution < 1.29 is 14.3 Å². The Labute approximate surface area is 154 Å². The number of carbonyl (C=O) groups excluding carboxylic acids is 2. The summed E-state index contributed by atoms with van der Waals surface area (Å²) in [5.41, 5.74) is 0.646. The summed E-state index contributed by atoms with van der Waals surface area (Å²) < 4.78 is 5.04. The average Bonchev–Trinajstić information content (AvgIpc) is 2.68. The van der Waals surface area contributed by atoms with E-state index in [4.69, 9.17) is 4.74 Å². The highest BCUT2D eigenvalue weighted by atomic mass is 16.6. The number of amides is 2. The fourth-order valence-corrected chi connectivity index (χ4v) is 3.59. The molecule has 1 aromatic heterocycles. The highest BCUT2D eigenvalue weighted by molar-refractivity contribution is 5.94. The molecule has 2 aliphatic heterocycles. The molecule has 7 nitrogen and oxygen atoms in total. The van der Waals surface area contributed by atoms with E-state index in [1.165, 1.54) is 6.42 Å². The van der Waals surface area contributed by atoms with Gasteiger partial charge in [-0.3, -0.25) is 4.79 Å². The Bertz CT molecular complexity index is 626. The SMILES string of the molecule is CCOC(=O)N1CCN(c2ccc(C(=O)N3CCCC(C)C3)cn2)CC1. The zero-order chi connectivity index (χ0) is 18.5. The predicted octanol–water partition coefficient (Wildman–Crippen LogP) is 2.23. The van der Waals surface area contributed by atoms with Gasteiger partial charge in [0.1, 0.15) is 5.82 Å². The van der Waals surface area contributed by atoms with E-state index < -0.39 is 0 Å². The lowest BCUT2D eigenvalue weighted by Crippen LogP contribution is -2.49. The van der Waals surface area contributed by atoms with E-state index in [1.54, 1.807) is 11.1 Å². The molecule has 0 radical (unpaired) electrons. The topological polar surface area (TPSA) is 66.0 Å². The molecular formula is C19H28N4O3. The van der Waals surface area contributed by atoms with Crippen molar-refractivity contribution in [3.05, 3.63) is 23.9 Å². The molecule has 1 unspecified atom stereocenters. The maximum Gasteiger partial charge on any atom is 0.409 e. The van der Waals surface area contributed by atoms with E-state index in [2.05, 4.69) is 16.8 Å². The van der Waals surface area contributed by atoms with Crippen LogP contribution in [0.15, 0.2) is 18.3 Å². The van der Waals surface area contributed by atoms with Gasteiger partial charge in [0.2, 0.25) is 0 Å². The van der Waals surface area contributed by atoms with Gasteiger partial charge in [-0.15, -0.1) is 0 Å². The lowest BCUT2D eigenvalue weighted by atomic mass is 10.00. The summed E-state index contributed by atoms with van der Waals surface area (Å²) >= 11 is 0. The van der Waals surface area contributed by atoms with E-state index in [9.17, 15) is 9.59 Å². The maximum atomic E-state index is 12.6. The first-order chi connectivity index (χ1) is 12.6. The number of likely N-dealkylation sites (tertiary alicyclic amines) is 1. The first kappa shape index (κ1) is 18.5. The first-order valence-corrected chi connectivity index (χ1v) is 9.50. The van der Waals surface area contributed by atoms with Crippen molar-refractivity contribution in [3.8, 4) is 0 Å². The van der Waals surface area contributed by atoms with Gasteiger partial charge in [-0.2, -0.15) is 0 Å². The van der Waals surface area contributed by atoms with Crippen molar-refractivity contribution in [2.24, 2.45) is 5.92 Å². The normalized spacial score (nSPS) is 20.8. The number of ether oxygens (including phenoxy) is 1. The molecule has 0 aromatic carbocycles. The van der Waals surface area contributed by atoms with Gasteiger partial charge >= 0.3 is 6.09 Å². The van der Waals surface area contributed by atoms with Crippen LogP contribution < -0.4 is 4.90 Å².